The van der Waals surface area contributed by atoms with Gasteiger partial charge in [0.25, 0.3) is 11.6 Å². The molecule has 1 N–H and O–H groups in total. The number of hydrogen-bond donors (Lipinski definition) is 1. The number of ether oxygens (including phenoxy) is 1. The lowest BCUT2D eigenvalue weighted by Crippen LogP contribution is -2.53. The van der Waals surface area contributed by atoms with Crippen LogP contribution in [0.1, 0.15) is 37.0 Å². The zero-order valence-electron chi connectivity index (χ0n) is 12.9. The lowest BCUT2D eigenvalue weighted by atomic mass is 9.96. The number of carbonyl (C=O) groups is 2. The number of methoxy groups -OCH3 is 1. The van der Waals surface area contributed by atoms with Gasteiger partial charge < -0.3 is 9.84 Å². The minimum atomic E-state index is -2.08. The van der Waals surface area contributed by atoms with E-state index in [9.17, 15) is 14.7 Å². The molecule has 0 saturated heterocycles. The molecule has 1 aromatic carbocycles. The average Bonchev–Trinajstić information content (AvgIpc) is 2.92. The molecule has 0 spiro atoms. The van der Waals surface area contributed by atoms with Crippen LogP contribution in [0.2, 0.25) is 0 Å². The van der Waals surface area contributed by atoms with Crippen LogP contribution >= 0.6 is 0 Å². The van der Waals surface area contributed by atoms with Crippen LogP contribution in [0.5, 0.6) is 0 Å². The highest BCUT2D eigenvalue weighted by Gasteiger charge is 2.52. The fraction of sp³-hybridized carbons (Fsp3) is 0.438. The van der Waals surface area contributed by atoms with Gasteiger partial charge >= 0.3 is 5.97 Å². The summed E-state index contributed by atoms with van der Waals surface area (Å²) in [6.45, 7) is 3.92. The Balaban J connectivity index is 2.40. The predicted octanol–water partition coefficient (Wildman–Crippen LogP) is 1.80. The SMILES string of the molecule is CC[C@H](C)C1=NN(C(=O)c2ccccc2)[C@@](O)(C(=O)OC)C1. The second-order valence-electron chi connectivity index (χ2n) is 5.37. The van der Waals surface area contributed by atoms with Gasteiger partial charge in [0.15, 0.2) is 0 Å². The first-order valence-electron chi connectivity index (χ1n) is 7.21. The summed E-state index contributed by atoms with van der Waals surface area (Å²) in [5.74, 6) is -1.37. The van der Waals surface area contributed by atoms with E-state index in [2.05, 4.69) is 9.84 Å². The van der Waals surface area contributed by atoms with E-state index < -0.39 is 17.6 Å². The maximum Gasteiger partial charge on any atom is 0.361 e. The quantitative estimate of drug-likeness (QED) is 0.860. The number of amides is 1. The summed E-state index contributed by atoms with van der Waals surface area (Å²) >= 11 is 0. The van der Waals surface area contributed by atoms with Crippen molar-refractivity contribution in [3.8, 4) is 0 Å². The Hall–Kier alpha value is -2.21. The van der Waals surface area contributed by atoms with E-state index in [1.54, 1.807) is 30.3 Å². The van der Waals surface area contributed by atoms with E-state index in [-0.39, 0.29) is 12.3 Å². The fourth-order valence-corrected chi connectivity index (χ4v) is 2.32. The predicted molar refractivity (Wildman–Crippen MR) is 81.1 cm³/mol. The molecular weight excluding hydrogens is 284 g/mol. The van der Waals surface area contributed by atoms with Crippen molar-refractivity contribution >= 4 is 17.6 Å². The standard InChI is InChI=1S/C16H20N2O4/c1-4-11(2)13-10-16(21,15(20)22-3)18(17-13)14(19)12-8-6-5-7-9-12/h5-9,11,21H,4,10H2,1-3H3/t11-,16-/m0/s1. The molecule has 2 atom stereocenters. The monoisotopic (exact) mass is 304 g/mol. The lowest BCUT2D eigenvalue weighted by Gasteiger charge is -2.28. The first-order valence-corrected chi connectivity index (χ1v) is 7.21. The third-order valence-electron chi connectivity index (χ3n) is 3.91. The lowest BCUT2D eigenvalue weighted by molar-refractivity contribution is -0.176. The number of carbonyl (C=O) groups excluding carboxylic acids is 2. The zero-order chi connectivity index (χ0) is 16.3. The van der Waals surface area contributed by atoms with Gasteiger partial charge in [-0.2, -0.15) is 10.1 Å². The van der Waals surface area contributed by atoms with Gasteiger partial charge in [-0.1, -0.05) is 32.0 Å². The van der Waals surface area contributed by atoms with E-state index >= 15 is 0 Å². The van der Waals surface area contributed by atoms with E-state index in [0.717, 1.165) is 11.4 Å². The highest BCUT2D eigenvalue weighted by Crippen LogP contribution is 2.31. The summed E-state index contributed by atoms with van der Waals surface area (Å²) in [6, 6.07) is 8.41. The molecule has 0 unspecified atom stereocenters. The zero-order valence-corrected chi connectivity index (χ0v) is 12.9. The van der Waals surface area contributed by atoms with E-state index in [4.69, 9.17) is 0 Å². The summed E-state index contributed by atoms with van der Waals surface area (Å²) < 4.78 is 4.66. The van der Waals surface area contributed by atoms with Crippen LogP contribution in [0.4, 0.5) is 0 Å². The molecule has 6 heteroatoms. The van der Waals surface area contributed by atoms with Gasteiger partial charge in [-0.3, -0.25) is 4.79 Å². The first-order chi connectivity index (χ1) is 10.4. The molecule has 1 amide bonds. The van der Waals surface area contributed by atoms with Gasteiger partial charge in [-0.15, -0.1) is 0 Å². The molecular formula is C16H20N2O4. The normalized spacial score (nSPS) is 22.2. The molecule has 0 radical (unpaired) electrons. The van der Waals surface area contributed by atoms with Crippen LogP contribution in [0.3, 0.4) is 0 Å². The molecule has 2 rings (SSSR count). The Bertz CT molecular complexity index is 599. The van der Waals surface area contributed by atoms with Crippen molar-refractivity contribution < 1.29 is 19.4 Å². The van der Waals surface area contributed by atoms with Crippen LogP contribution in [-0.2, 0) is 9.53 Å². The van der Waals surface area contributed by atoms with Crippen LogP contribution in [0.15, 0.2) is 35.4 Å². The number of hydrogen-bond acceptors (Lipinski definition) is 5. The minimum Gasteiger partial charge on any atom is -0.465 e. The summed E-state index contributed by atoms with van der Waals surface area (Å²) in [5.41, 5.74) is -1.13. The number of benzene rings is 1. The van der Waals surface area contributed by atoms with Crippen molar-refractivity contribution in [1.29, 1.82) is 0 Å². The third-order valence-corrected chi connectivity index (χ3v) is 3.91. The molecule has 1 aliphatic rings. The van der Waals surface area contributed by atoms with Gasteiger partial charge in [0, 0.05) is 17.7 Å². The van der Waals surface area contributed by atoms with Gasteiger partial charge in [-0.25, -0.2) is 4.79 Å². The number of esters is 1. The summed E-state index contributed by atoms with van der Waals surface area (Å²) in [4.78, 5) is 24.6. The second-order valence-corrected chi connectivity index (χ2v) is 5.37. The van der Waals surface area contributed by atoms with Crippen LogP contribution in [-0.4, -0.2) is 40.5 Å². The summed E-state index contributed by atoms with van der Waals surface area (Å²) in [6.07, 6.45) is 0.761. The second kappa shape index (κ2) is 6.27. The highest BCUT2D eigenvalue weighted by molar-refractivity contribution is 6.03. The van der Waals surface area contributed by atoms with Crippen molar-refractivity contribution in [3.05, 3.63) is 35.9 Å². The summed E-state index contributed by atoms with van der Waals surface area (Å²) in [7, 11) is 1.17. The molecule has 6 nitrogen and oxygen atoms in total. The summed E-state index contributed by atoms with van der Waals surface area (Å²) in [5, 5.41) is 15.7. The van der Waals surface area contributed by atoms with Crippen molar-refractivity contribution in [1.82, 2.24) is 5.01 Å². The number of aliphatic hydroxyl groups is 1. The van der Waals surface area contributed by atoms with Gasteiger partial charge in [0.05, 0.1) is 7.11 Å². The maximum absolute atomic E-state index is 12.6. The number of rotatable bonds is 4. The molecule has 1 aromatic rings. The van der Waals surface area contributed by atoms with E-state index in [0.29, 0.717) is 11.3 Å². The largest absolute Gasteiger partial charge is 0.465 e. The first kappa shape index (κ1) is 16.2. The Morgan fingerprint density at radius 2 is 2.05 bits per heavy atom. The molecule has 118 valence electrons. The van der Waals surface area contributed by atoms with E-state index in [1.165, 1.54) is 7.11 Å². The molecule has 0 aliphatic carbocycles. The molecule has 1 heterocycles. The molecule has 0 aromatic heterocycles. The Morgan fingerprint density at radius 3 is 2.59 bits per heavy atom. The Kier molecular flexibility index (Phi) is 4.61. The van der Waals surface area contributed by atoms with Gasteiger partial charge in [0.1, 0.15) is 0 Å². The molecule has 1 aliphatic heterocycles. The van der Waals surface area contributed by atoms with E-state index in [1.807, 2.05) is 13.8 Å². The topological polar surface area (TPSA) is 79.2 Å². The number of nitrogens with zero attached hydrogens (tertiary/aromatic N) is 2. The highest BCUT2D eigenvalue weighted by atomic mass is 16.5. The molecule has 0 fully saturated rings. The molecule has 0 saturated carbocycles. The van der Waals surface area contributed by atoms with Crippen molar-refractivity contribution in [2.24, 2.45) is 11.0 Å². The maximum atomic E-state index is 12.6. The minimum absolute atomic E-state index is 0.0345. The molecule has 22 heavy (non-hydrogen) atoms. The van der Waals surface area contributed by atoms with Gasteiger partial charge in [-0.05, 0) is 24.5 Å². The third kappa shape index (κ3) is 2.74. The van der Waals surface area contributed by atoms with Crippen LogP contribution in [0, 0.1) is 5.92 Å². The van der Waals surface area contributed by atoms with Crippen molar-refractivity contribution in [2.75, 3.05) is 7.11 Å². The van der Waals surface area contributed by atoms with Gasteiger partial charge in [0.2, 0.25) is 0 Å². The fourth-order valence-electron chi connectivity index (χ4n) is 2.32. The smallest absolute Gasteiger partial charge is 0.361 e. The number of hydrazone groups is 1. The van der Waals surface area contributed by atoms with Crippen LogP contribution < -0.4 is 0 Å². The van der Waals surface area contributed by atoms with Crippen molar-refractivity contribution in [2.45, 2.75) is 32.4 Å². The molecule has 0 bridgehead atoms. The van der Waals surface area contributed by atoms with Crippen molar-refractivity contribution in [3.63, 3.8) is 0 Å². The van der Waals surface area contributed by atoms with Crippen LogP contribution in [0.25, 0.3) is 0 Å². The Morgan fingerprint density at radius 1 is 1.41 bits per heavy atom. The Labute approximate surface area is 129 Å². The average molecular weight is 304 g/mol.